The van der Waals surface area contributed by atoms with E-state index in [9.17, 15) is 14.9 Å². The Bertz CT molecular complexity index is 508. The van der Waals surface area contributed by atoms with Gasteiger partial charge in [-0.2, -0.15) is 0 Å². The largest absolute Gasteiger partial charge is 0.481 e. The van der Waals surface area contributed by atoms with Crippen LogP contribution in [0, 0.1) is 16.0 Å². The molecule has 1 aromatic heterocycles. The minimum atomic E-state index is -0.878. The first-order valence-electron chi connectivity index (χ1n) is 5.26. The maximum Gasteiger partial charge on any atom is 0.312 e. The molecule has 1 atom stereocenters. The predicted molar refractivity (Wildman–Crippen MR) is 66.5 cm³/mol. The van der Waals surface area contributed by atoms with E-state index in [4.69, 9.17) is 5.11 Å². The maximum absolute atomic E-state index is 10.9. The number of hydrogen-bond acceptors (Lipinski definition) is 5. The minimum absolute atomic E-state index is 0.115. The standard InChI is InChI=1S/C10H10BrN3O4/c11-7-3-8(14(17)18)9(12-4-7)13-2-1-6(5-13)10(15)16/h3-4,6H,1-2,5H2,(H,15,16). The Balaban J connectivity index is 2.29. The summed E-state index contributed by atoms with van der Waals surface area (Å²) in [7, 11) is 0. The fourth-order valence-corrected chi connectivity index (χ4v) is 2.27. The van der Waals surface area contributed by atoms with Crippen molar-refractivity contribution in [1.29, 1.82) is 0 Å². The Kier molecular flexibility index (Phi) is 3.46. The lowest BCUT2D eigenvalue weighted by Crippen LogP contribution is -2.24. The summed E-state index contributed by atoms with van der Waals surface area (Å²) in [6.07, 6.45) is 1.95. The lowest BCUT2D eigenvalue weighted by molar-refractivity contribution is -0.384. The van der Waals surface area contributed by atoms with Gasteiger partial charge in [0.25, 0.3) is 0 Å². The van der Waals surface area contributed by atoms with Gasteiger partial charge in [-0.05, 0) is 22.4 Å². The molecule has 1 aliphatic rings. The monoisotopic (exact) mass is 315 g/mol. The molecule has 7 nitrogen and oxygen atoms in total. The Morgan fingerprint density at radius 3 is 2.94 bits per heavy atom. The van der Waals surface area contributed by atoms with E-state index in [1.54, 1.807) is 4.90 Å². The minimum Gasteiger partial charge on any atom is -0.481 e. The SMILES string of the molecule is O=C(O)C1CCN(c2ncc(Br)cc2[N+](=O)[O-])C1. The fraction of sp³-hybridized carbons (Fsp3) is 0.400. The Morgan fingerprint density at radius 2 is 2.39 bits per heavy atom. The number of pyridine rings is 1. The molecule has 2 rings (SSSR count). The summed E-state index contributed by atoms with van der Waals surface area (Å²) in [6, 6.07) is 1.37. The van der Waals surface area contributed by atoms with Crippen LogP contribution in [0.2, 0.25) is 0 Å². The molecule has 1 saturated heterocycles. The van der Waals surface area contributed by atoms with E-state index in [0.717, 1.165) is 0 Å². The van der Waals surface area contributed by atoms with Gasteiger partial charge in [-0.1, -0.05) is 0 Å². The second-order valence-electron chi connectivity index (χ2n) is 4.02. The van der Waals surface area contributed by atoms with E-state index in [0.29, 0.717) is 17.4 Å². The molecule has 18 heavy (non-hydrogen) atoms. The summed E-state index contributed by atoms with van der Waals surface area (Å²) in [6.45, 7) is 0.719. The van der Waals surface area contributed by atoms with Crippen molar-refractivity contribution in [2.45, 2.75) is 6.42 Å². The van der Waals surface area contributed by atoms with E-state index in [2.05, 4.69) is 20.9 Å². The van der Waals surface area contributed by atoms with Crippen LogP contribution in [0.3, 0.4) is 0 Å². The van der Waals surface area contributed by atoms with E-state index < -0.39 is 16.8 Å². The molecule has 1 N–H and O–H groups in total. The van der Waals surface area contributed by atoms with Gasteiger partial charge < -0.3 is 10.0 Å². The van der Waals surface area contributed by atoms with Crippen molar-refractivity contribution in [3.63, 3.8) is 0 Å². The average Bonchev–Trinajstić information content (AvgIpc) is 2.78. The molecule has 0 amide bonds. The Hall–Kier alpha value is -1.70. The highest BCUT2D eigenvalue weighted by Gasteiger charge is 2.32. The zero-order chi connectivity index (χ0) is 13.3. The highest BCUT2D eigenvalue weighted by Crippen LogP contribution is 2.32. The number of aliphatic carboxylic acids is 1. The molecule has 96 valence electrons. The van der Waals surface area contributed by atoms with E-state index in [1.165, 1.54) is 12.3 Å². The highest BCUT2D eigenvalue weighted by atomic mass is 79.9. The number of nitrogens with zero attached hydrogens (tertiary/aromatic N) is 3. The first-order valence-corrected chi connectivity index (χ1v) is 6.06. The van der Waals surface area contributed by atoms with Crippen LogP contribution in [0.15, 0.2) is 16.7 Å². The zero-order valence-electron chi connectivity index (χ0n) is 9.24. The van der Waals surface area contributed by atoms with E-state index >= 15 is 0 Å². The fourth-order valence-electron chi connectivity index (χ4n) is 1.95. The predicted octanol–water partition coefficient (Wildman–Crippen LogP) is 1.66. The summed E-state index contributed by atoms with van der Waals surface area (Å²) in [5.41, 5.74) is -0.115. The van der Waals surface area contributed by atoms with Gasteiger partial charge in [0.05, 0.1) is 10.8 Å². The first-order chi connectivity index (χ1) is 8.49. The van der Waals surface area contributed by atoms with Crippen molar-refractivity contribution >= 4 is 33.4 Å². The van der Waals surface area contributed by atoms with Crippen LogP contribution < -0.4 is 4.90 Å². The molecule has 0 spiro atoms. The smallest absolute Gasteiger partial charge is 0.312 e. The van der Waals surface area contributed by atoms with E-state index in [1.807, 2.05) is 0 Å². The Morgan fingerprint density at radius 1 is 1.67 bits per heavy atom. The van der Waals surface area contributed by atoms with Crippen molar-refractivity contribution < 1.29 is 14.8 Å². The molecule has 2 heterocycles. The summed E-state index contributed by atoms with van der Waals surface area (Å²) in [4.78, 5) is 27.0. The van der Waals surface area contributed by atoms with Gasteiger partial charge in [0.15, 0.2) is 0 Å². The summed E-state index contributed by atoms with van der Waals surface area (Å²) in [5, 5.41) is 19.9. The molecule has 0 aliphatic carbocycles. The molecule has 1 aliphatic heterocycles. The molecule has 1 fully saturated rings. The van der Waals surface area contributed by atoms with Crippen LogP contribution in [0.1, 0.15) is 6.42 Å². The number of hydrogen-bond donors (Lipinski definition) is 1. The van der Waals surface area contributed by atoms with Crippen LogP contribution in [0.4, 0.5) is 11.5 Å². The molecule has 0 saturated carbocycles. The molecule has 0 radical (unpaired) electrons. The van der Waals surface area contributed by atoms with Gasteiger partial charge in [-0.25, -0.2) is 4.98 Å². The van der Waals surface area contributed by atoms with Crippen molar-refractivity contribution in [3.8, 4) is 0 Å². The van der Waals surface area contributed by atoms with Crippen molar-refractivity contribution in [1.82, 2.24) is 4.98 Å². The molecule has 0 aromatic carbocycles. The molecular weight excluding hydrogens is 306 g/mol. The third-order valence-corrected chi connectivity index (χ3v) is 3.28. The summed E-state index contributed by atoms with van der Waals surface area (Å²) < 4.78 is 0.520. The van der Waals surface area contributed by atoms with Gasteiger partial charge in [-0.3, -0.25) is 14.9 Å². The van der Waals surface area contributed by atoms with Crippen LogP contribution in [0.25, 0.3) is 0 Å². The second kappa shape index (κ2) is 4.89. The topological polar surface area (TPSA) is 96.6 Å². The van der Waals surface area contributed by atoms with Crippen LogP contribution >= 0.6 is 15.9 Å². The molecule has 8 heteroatoms. The van der Waals surface area contributed by atoms with Gasteiger partial charge in [0.1, 0.15) is 0 Å². The third-order valence-electron chi connectivity index (χ3n) is 2.85. The Labute approximate surface area is 111 Å². The normalized spacial score (nSPS) is 18.9. The van der Waals surface area contributed by atoms with Gasteiger partial charge >= 0.3 is 11.7 Å². The molecular formula is C10H10BrN3O4. The van der Waals surface area contributed by atoms with Crippen molar-refractivity contribution in [2.75, 3.05) is 18.0 Å². The summed E-state index contributed by atoms with van der Waals surface area (Å²) >= 11 is 3.13. The lowest BCUT2D eigenvalue weighted by Gasteiger charge is -2.16. The first kappa shape index (κ1) is 12.7. The number of carboxylic acids is 1. The van der Waals surface area contributed by atoms with Crippen molar-refractivity contribution in [2.24, 2.45) is 5.92 Å². The third kappa shape index (κ3) is 2.42. The lowest BCUT2D eigenvalue weighted by atomic mass is 10.1. The number of carboxylic acid groups (broad SMARTS) is 1. The number of nitro groups is 1. The van der Waals surface area contributed by atoms with E-state index in [-0.39, 0.29) is 18.1 Å². The van der Waals surface area contributed by atoms with Gasteiger partial charge in [0.2, 0.25) is 5.82 Å². The average molecular weight is 316 g/mol. The van der Waals surface area contributed by atoms with Gasteiger partial charge in [0, 0.05) is 29.8 Å². The number of halogens is 1. The number of carbonyl (C=O) groups is 1. The molecule has 1 aromatic rings. The van der Waals surface area contributed by atoms with Gasteiger partial charge in [-0.15, -0.1) is 0 Å². The number of rotatable bonds is 3. The number of anilines is 1. The summed E-state index contributed by atoms with van der Waals surface area (Å²) in [5.74, 6) is -1.14. The molecule has 0 bridgehead atoms. The second-order valence-corrected chi connectivity index (χ2v) is 4.94. The highest BCUT2D eigenvalue weighted by molar-refractivity contribution is 9.10. The van der Waals surface area contributed by atoms with Crippen molar-refractivity contribution in [3.05, 3.63) is 26.9 Å². The molecule has 1 unspecified atom stereocenters. The number of aromatic nitrogens is 1. The maximum atomic E-state index is 10.9. The van der Waals surface area contributed by atoms with Crippen LogP contribution in [-0.4, -0.2) is 34.1 Å². The quantitative estimate of drug-likeness (QED) is 0.673. The van der Waals surface area contributed by atoms with Crippen LogP contribution in [0.5, 0.6) is 0 Å². The zero-order valence-corrected chi connectivity index (χ0v) is 10.8. The van der Waals surface area contributed by atoms with Crippen LogP contribution in [-0.2, 0) is 4.79 Å².